The lowest BCUT2D eigenvalue weighted by Gasteiger charge is -2.09. The summed E-state index contributed by atoms with van der Waals surface area (Å²) in [7, 11) is 0. The number of hydrogen-bond acceptors (Lipinski definition) is 3. The smallest absolute Gasteiger partial charge is 0.122 e. The van der Waals surface area contributed by atoms with Crippen LogP contribution in [0.15, 0.2) is 12.1 Å². The topological polar surface area (TPSA) is 50.9 Å². The summed E-state index contributed by atoms with van der Waals surface area (Å²) in [5, 5.41) is 12.4. The maximum atomic E-state index is 7.11. The van der Waals surface area contributed by atoms with Crippen molar-refractivity contribution in [3.63, 3.8) is 0 Å². The number of hydrogen-bond donors (Lipinski definition) is 1. The van der Waals surface area contributed by atoms with Gasteiger partial charge in [0.25, 0.3) is 0 Å². The Kier molecular flexibility index (Phi) is 4.68. The minimum Gasteiger partial charge on any atom is -0.494 e. The first-order chi connectivity index (χ1) is 9.56. The molecule has 1 aromatic heterocycles. The fourth-order valence-corrected chi connectivity index (χ4v) is 2.57. The van der Waals surface area contributed by atoms with E-state index in [-0.39, 0.29) is 0 Å². The Hall–Kier alpha value is -1.52. The maximum Gasteiger partial charge on any atom is 0.122 e. The summed E-state index contributed by atoms with van der Waals surface area (Å²) in [6.45, 7) is 4.67. The number of nitrogens with zero attached hydrogens (tertiary/aromatic N) is 2. The molecule has 0 atom stereocenters. The fraction of sp³-hybridized carbons (Fsp3) is 0.286. The van der Waals surface area contributed by atoms with Crippen LogP contribution >= 0.6 is 23.2 Å². The van der Waals surface area contributed by atoms with Crippen LogP contribution in [0.4, 0.5) is 0 Å². The molecule has 2 aromatic rings. The molecule has 0 aliphatic heterocycles. The van der Waals surface area contributed by atoms with E-state index in [1.807, 2.05) is 13.8 Å². The summed E-state index contributed by atoms with van der Waals surface area (Å²) in [5.41, 5.74) is 2.19. The minimum absolute atomic E-state index is 0.368. The predicted octanol–water partition coefficient (Wildman–Crippen LogP) is 4.01. The van der Waals surface area contributed by atoms with Gasteiger partial charge in [0.2, 0.25) is 0 Å². The van der Waals surface area contributed by atoms with Crippen LogP contribution in [0.1, 0.15) is 12.6 Å². The molecule has 6 heteroatoms. The fourth-order valence-electron chi connectivity index (χ4n) is 1.91. The van der Waals surface area contributed by atoms with Gasteiger partial charge in [-0.2, -0.15) is 5.10 Å². The highest BCUT2D eigenvalue weighted by molar-refractivity contribution is 6.39. The molecule has 2 rings (SSSR count). The highest BCUT2D eigenvalue weighted by Gasteiger charge is 2.16. The van der Waals surface area contributed by atoms with Crippen molar-refractivity contribution in [1.29, 1.82) is 5.41 Å². The van der Waals surface area contributed by atoms with E-state index < -0.39 is 0 Å². The summed E-state index contributed by atoms with van der Waals surface area (Å²) in [6, 6.07) is 3.46. The standard InChI is InChI=1S/C14H14Cl2N3O/c1-3-20-10-6-12(15)14(13(16)7-10)11-8-19(5-4-17)18-9(11)2/h4,6-7,17H,3,5H2,1-2H3. The number of rotatable bonds is 5. The van der Waals surface area contributed by atoms with Gasteiger partial charge in [0.1, 0.15) is 5.75 Å². The molecule has 20 heavy (non-hydrogen) atoms. The van der Waals surface area contributed by atoms with Gasteiger partial charge in [-0.1, -0.05) is 23.2 Å². The SMILES string of the molecule is CCOc1cc(Cl)c(-c2[c]n(CC=N)nc2C)c(Cl)c1. The first-order valence-electron chi connectivity index (χ1n) is 6.14. The van der Waals surface area contributed by atoms with Crippen molar-refractivity contribution in [2.45, 2.75) is 20.4 Å². The Balaban J connectivity index is 2.49. The summed E-state index contributed by atoms with van der Waals surface area (Å²) < 4.78 is 6.96. The van der Waals surface area contributed by atoms with E-state index in [2.05, 4.69) is 11.3 Å². The lowest BCUT2D eigenvalue weighted by Crippen LogP contribution is -1.98. The van der Waals surface area contributed by atoms with E-state index in [1.54, 1.807) is 16.8 Å². The van der Waals surface area contributed by atoms with E-state index in [0.717, 1.165) is 11.3 Å². The Morgan fingerprint density at radius 1 is 1.40 bits per heavy atom. The number of halogens is 2. The number of nitrogens with one attached hydrogen (secondary N) is 1. The Labute approximate surface area is 127 Å². The third kappa shape index (κ3) is 2.97. The van der Waals surface area contributed by atoms with Gasteiger partial charge < -0.3 is 10.1 Å². The molecule has 1 radical (unpaired) electrons. The number of ether oxygens (including phenoxy) is 1. The molecule has 0 aliphatic carbocycles. The van der Waals surface area contributed by atoms with Crippen molar-refractivity contribution < 1.29 is 4.74 Å². The van der Waals surface area contributed by atoms with E-state index in [1.165, 1.54) is 6.21 Å². The maximum absolute atomic E-state index is 7.11. The van der Waals surface area contributed by atoms with Crippen LogP contribution in [-0.2, 0) is 6.54 Å². The van der Waals surface area contributed by atoms with Gasteiger partial charge in [0.05, 0.1) is 35.1 Å². The summed E-state index contributed by atoms with van der Waals surface area (Å²) in [4.78, 5) is 0. The van der Waals surface area contributed by atoms with Crippen LogP contribution in [0.2, 0.25) is 10.0 Å². The second-order valence-corrected chi connectivity index (χ2v) is 4.97. The second-order valence-electron chi connectivity index (χ2n) is 4.15. The van der Waals surface area contributed by atoms with E-state index in [9.17, 15) is 0 Å². The molecule has 0 amide bonds. The number of benzene rings is 1. The summed E-state index contributed by atoms with van der Waals surface area (Å²) in [6.07, 6.45) is 4.33. The number of aryl methyl sites for hydroxylation is 1. The summed E-state index contributed by atoms with van der Waals surface area (Å²) >= 11 is 12.6. The van der Waals surface area contributed by atoms with Crippen LogP contribution in [-0.4, -0.2) is 22.6 Å². The predicted molar refractivity (Wildman–Crippen MR) is 81.2 cm³/mol. The third-order valence-corrected chi connectivity index (χ3v) is 3.31. The van der Waals surface area contributed by atoms with E-state index >= 15 is 0 Å². The highest BCUT2D eigenvalue weighted by Crippen LogP contribution is 2.39. The molecule has 4 nitrogen and oxygen atoms in total. The quantitative estimate of drug-likeness (QED) is 0.848. The average Bonchev–Trinajstić information content (AvgIpc) is 2.70. The van der Waals surface area contributed by atoms with Gasteiger partial charge in [-0.05, 0) is 26.0 Å². The monoisotopic (exact) mass is 310 g/mol. The number of aromatic nitrogens is 2. The van der Waals surface area contributed by atoms with Crippen molar-refractivity contribution >= 4 is 29.4 Å². The van der Waals surface area contributed by atoms with Gasteiger partial charge >= 0.3 is 0 Å². The molecule has 1 heterocycles. The normalized spacial score (nSPS) is 10.6. The van der Waals surface area contributed by atoms with Crippen molar-refractivity contribution in [3.05, 3.63) is 34.1 Å². The van der Waals surface area contributed by atoms with Gasteiger partial charge in [-0.15, -0.1) is 0 Å². The minimum atomic E-state index is 0.368. The summed E-state index contributed by atoms with van der Waals surface area (Å²) in [5.74, 6) is 0.635. The third-order valence-electron chi connectivity index (χ3n) is 2.71. The van der Waals surface area contributed by atoms with E-state index in [4.69, 9.17) is 33.3 Å². The molecule has 0 bridgehead atoms. The zero-order valence-corrected chi connectivity index (χ0v) is 12.7. The van der Waals surface area contributed by atoms with Gasteiger partial charge in [0, 0.05) is 17.3 Å². The second kappa shape index (κ2) is 6.29. The van der Waals surface area contributed by atoms with Crippen molar-refractivity contribution in [2.24, 2.45) is 0 Å². The van der Waals surface area contributed by atoms with Gasteiger partial charge in [-0.3, -0.25) is 4.68 Å². The first-order valence-corrected chi connectivity index (χ1v) is 6.90. The first kappa shape index (κ1) is 14.9. The van der Waals surface area contributed by atoms with Crippen molar-refractivity contribution in [2.75, 3.05) is 6.61 Å². The molecular formula is C14H14Cl2N3O. The molecule has 1 N–H and O–H groups in total. The molecule has 0 spiro atoms. The largest absolute Gasteiger partial charge is 0.494 e. The molecule has 1 aromatic carbocycles. The highest BCUT2D eigenvalue weighted by atomic mass is 35.5. The Morgan fingerprint density at radius 2 is 2.05 bits per heavy atom. The Bertz CT molecular complexity index is 614. The van der Waals surface area contributed by atoms with Crippen LogP contribution < -0.4 is 4.74 Å². The van der Waals surface area contributed by atoms with Gasteiger partial charge in [0.15, 0.2) is 0 Å². The van der Waals surface area contributed by atoms with Crippen LogP contribution in [0.5, 0.6) is 5.75 Å². The molecular weight excluding hydrogens is 297 g/mol. The van der Waals surface area contributed by atoms with Crippen LogP contribution in [0, 0.1) is 18.5 Å². The Morgan fingerprint density at radius 3 is 2.60 bits per heavy atom. The van der Waals surface area contributed by atoms with Crippen molar-refractivity contribution in [1.82, 2.24) is 9.78 Å². The average molecular weight is 311 g/mol. The lowest BCUT2D eigenvalue weighted by molar-refractivity contribution is 0.340. The lowest BCUT2D eigenvalue weighted by atomic mass is 10.1. The zero-order chi connectivity index (χ0) is 14.7. The van der Waals surface area contributed by atoms with Gasteiger partial charge in [-0.25, -0.2) is 0 Å². The molecule has 0 aliphatic rings. The zero-order valence-electron chi connectivity index (χ0n) is 11.2. The van der Waals surface area contributed by atoms with Crippen molar-refractivity contribution in [3.8, 4) is 16.9 Å². The van der Waals surface area contributed by atoms with E-state index in [0.29, 0.717) is 34.5 Å². The molecule has 0 saturated carbocycles. The molecule has 0 unspecified atom stereocenters. The van der Waals surface area contributed by atoms with Crippen LogP contribution in [0.25, 0.3) is 11.1 Å². The van der Waals surface area contributed by atoms with Crippen LogP contribution in [0.3, 0.4) is 0 Å². The molecule has 0 saturated heterocycles. The molecule has 0 fully saturated rings. The molecule has 105 valence electrons.